The summed E-state index contributed by atoms with van der Waals surface area (Å²) in [5.41, 5.74) is 10.5. The van der Waals surface area contributed by atoms with E-state index in [0.29, 0.717) is 11.8 Å². The molecule has 2 heteroatoms. The Kier molecular flexibility index (Phi) is 3.34. The van der Waals surface area contributed by atoms with Gasteiger partial charge >= 0.3 is 0 Å². The molecule has 3 rings (SSSR count). The molecule has 2 N–H and O–H groups in total. The van der Waals surface area contributed by atoms with E-state index >= 15 is 0 Å². The number of hydrogen-bond donors (Lipinski definition) is 1. The van der Waals surface area contributed by atoms with Gasteiger partial charge in [0.25, 0.3) is 0 Å². The predicted molar refractivity (Wildman–Crippen MR) is 77.8 cm³/mol. The number of aromatic nitrogens is 1. The summed E-state index contributed by atoms with van der Waals surface area (Å²) in [5, 5.41) is 0. The van der Waals surface area contributed by atoms with Crippen LogP contribution in [-0.2, 0) is 6.42 Å². The highest BCUT2D eigenvalue weighted by atomic mass is 14.7. The second-order valence-corrected chi connectivity index (χ2v) is 5.37. The lowest BCUT2D eigenvalue weighted by Crippen LogP contribution is -2.15. The van der Waals surface area contributed by atoms with Crippen molar-refractivity contribution in [3.8, 4) is 0 Å². The second kappa shape index (κ2) is 5.14. The molecule has 0 bridgehead atoms. The van der Waals surface area contributed by atoms with Crippen molar-refractivity contribution in [2.24, 2.45) is 11.7 Å². The first-order valence-corrected chi connectivity index (χ1v) is 7.04. The van der Waals surface area contributed by atoms with Gasteiger partial charge < -0.3 is 5.73 Å². The van der Waals surface area contributed by atoms with Gasteiger partial charge in [-0.05, 0) is 47.4 Å². The molecule has 1 aliphatic rings. The number of nitrogens with two attached hydrogens (primary N) is 1. The van der Waals surface area contributed by atoms with Gasteiger partial charge in [-0.25, -0.2) is 0 Å². The molecule has 98 valence electrons. The summed E-state index contributed by atoms with van der Waals surface area (Å²) in [4.78, 5) is 4.20. The molecule has 0 spiro atoms. The van der Waals surface area contributed by atoms with Gasteiger partial charge in [0.1, 0.15) is 0 Å². The largest absolute Gasteiger partial charge is 0.324 e. The van der Waals surface area contributed by atoms with Gasteiger partial charge in [-0.1, -0.05) is 37.3 Å². The third-order valence-electron chi connectivity index (χ3n) is 4.21. The van der Waals surface area contributed by atoms with Gasteiger partial charge in [-0.15, -0.1) is 0 Å². The zero-order valence-corrected chi connectivity index (χ0v) is 11.3. The molecule has 3 unspecified atom stereocenters. The van der Waals surface area contributed by atoms with Crippen molar-refractivity contribution >= 4 is 0 Å². The van der Waals surface area contributed by atoms with Crippen LogP contribution in [0, 0.1) is 5.92 Å². The fourth-order valence-electron chi connectivity index (χ4n) is 2.98. The first-order valence-electron chi connectivity index (χ1n) is 7.04. The Balaban J connectivity index is 1.78. The van der Waals surface area contributed by atoms with Crippen molar-refractivity contribution in [3.63, 3.8) is 0 Å². The van der Waals surface area contributed by atoms with E-state index in [4.69, 9.17) is 5.73 Å². The summed E-state index contributed by atoms with van der Waals surface area (Å²) in [6.45, 7) is 2.16. The molecule has 0 saturated heterocycles. The lowest BCUT2D eigenvalue weighted by molar-refractivity contribution is 0.609. The Morgan fingerprint density at radius 2 is 2.05 bits per heavy atom. The van der Waals surface area contributed by atoms with Crippen LogP contribution in [0.4, 0.5) is 0 Å². The Labute approximate surface area is 114 Å². The molecule has 0 aliphatic heterocycles. The summed E-state index contributed by atoms with van der Waals surface area (Å²) in [5.74, 6) is 1.21. The molecule has 2 nitrogen and oxygen atoms in total. The van der Waals surface area contributed by atoms with Gasteiger partial charge in [0.2, 0.25) is 0 Å². The quantitative estimate of drug-likeness (QED) is 0.905. The Morgan fingerprint density at radius 1 is 1.26 bits per heavy atom. The monoisotopic (exact) mass is 252 g/mol. The van der Waals surface area contributed by atoms with Crippen LogP contribution < -0.4 is 5.73 Å². The van der Waals surface area contributed by atoms with E-state index in [2.05, 4.69) is 48.3 Å². The minimum Gasteiger partial charge on any atom is -0.324 e. The summed E-state index contributed by atoms with van der Waals surface area (Å²) < 4.78 is 0. The van der Waals surface area contributed by atoms with Crippen molar-refractivity contribution in [3.05, 3.63) is 65.5 Å². The summed E-state index contributed by atoms with van der Waals surface area (Å²) in [6.07, 6.45) is 6.01. The molecule has 3 atom stereocenters. The zero-order chi connectivity index (χ0) is 13.2. The van der Waals surface area contributed by atoms with E-state index in [0.717, 1.165) is 6.42 Å². The highest BCUT2D eigenvalue weighted by Crippen LogP contribution is 2.53. The number of hydrogen-bond acceptors (Lipinski definition) is 2. The molecular formula is C17H20N2. The summed E-state index contributed by atoms with van der Waals surface area (Å²) in [7, 11) is 0. The molecule has 1 aromatic carbocycles. The van der Waals surface area contributed by atoms with E-state index in [1.54, 1.807) is 0 Å². The van der Waals surface area contributed by atoms with Crippen LogP contribution in [0.5, 0.6) is 0 Å². The number of aryl methyl sites for hydroxylation is 1. The highest BCUT2D eigenvalue weighted by molar-refractivity contribution is 5.33. The third kappa shape index (κ3) is 2.41. The van der Waals surface area contributed by atoms with Crippen LogP contribution in [0.2, 0.25) is 0 Å². The summed E-state index contributed by atoms with van der Waals surface area (Å²) in [6, 6.07) is 12.9. The lowest BCUT2D eigenvalue weighted by atomic mass is 9.96. The van der Waals surface area contributed by atoms with Crippen molar-refractivity contribution in [1.82, 2.24) is 4.98 Å². The topological polar surface area (TPSA) is 38.9 Å². The van der Waals surface area contributed by atoms with E-state index in [1.165, 1.54) is 23.1 Å². The van der Waals surface area contributed by atoms with Crippen molar-refractivity contribution < 1.29 is 0 Å². The van der Waals surface area contributed by atoms with Gasteiger partial charge in [-0.3, -0.25) is 4.98 Å². The minimum atomic E-state index is 0.142. The van der Waals surface area contributed by atoms with E-state index in [-0.39, 0.29) is 6.04 Å². The maximum Gasteiger partial charge on any atom is 0.0333 e. The first-order chi connectivity index (χ1) is 9.31. The Morgan fingerprint density at radius 3 is 2.79 bits per heavy atom. The fourth-order valence-corrected chi connectivity index (χ4v) is 2.98. The molecular weight excluding hydrogens is 232 g/mol. The van der Waals surface area contributed by atoms with Gasteiger partial charge in [0.15, 0.2) is 0 Å². The van der Waals surface area contributed by atoms with Crippen LogP contribution in [0.15, 0.2) is 48.8 Å². The highest BCUT2D eigenvalue weighted by Gasteiger charge is 2.43. The number of pyridine rings is 1. The van der Waals surface area contributed by atoms with Crippen LogP contribution in [0.1, 0.15) is 42.0 Å². The molecule has 2 aromatic rings. The van der Waals surface area contributed by atoms with Gasteiger partial charge in [0, 0.05) is 18.4 Å². The maximum absolute atomic E-state index is 6.48. The van der Waals surface area contributed by atoms with Gasteiger partial charge in [0.05, 0.1) is 0 Å². The molecule has 19 heavy (non-hydrogen) atoms. The van der Waals surface area contributed by atoms with Crippen LogP contribution in [0.3, 0.4) is 0 Å². The smallest absolute Gasteiger partial charge is 0.0333 e. The van der Waals surface area contributed by atoms with Crippen molar-refractivity contribution in [1.29, 1.82) is 0 Å². The fraction of sp³-hybridized carbons (Fsp3) is 0.353. The molecule has 1 fully saturated rings. The average Bonchev–Trinajstić information content (AvgIpc) is 3.28. The summed E-state index contributed by atoms with van der Waals surface area (Å²) >= 11 is 0. The number of rotatable bonds is 4. The third-order valence-corrected chi connectivity index (χ3v) is 4.21. The van der Waals surface area contributed by atoms with E-state index in [9.17, 15) is 0 Å². The molecule has 1 saturated carbocycles. The number of benzene rings is 1. The van der Waals surface area contributed by atoms with E-state index < -0.39 is 0 Å². The van der Waals surface area contributed by atoms with Crippen molar-refractivity contribution in [2.45, 2.75) is 31.7 Å². The van der Waals surface area contributed by atoms with Crippen LogP contribution >= 0.6 is 0 Å². The predicted octanol–water partition coefficient (Wildman–Crippen LogP) is 3.45. The molecule has 1 heterocycles. The Bertz CT molecular complexity index is 550. The first kappa shape index (κ1) is 12.4. The van der Waals surface area contributed by atoms with Crippen molar-refractivity contribution in [2.75, 3.05) is 0 Å². The van der Waals surface area contributed by atoms with Gasteiger partial charge in [-0.2, -0.15) is 0 Å². The standard InChI is InChI=1S/C17H20N2/c1-2-12-11-19-9-8-14(12)17(18)16-10-15(16)13-6-4-3-5-7-13/h3-9,11,15-17H,2,10,18H2,1H3. The number of nitrogens with zero attached hydrogens (tertiary/aromatic N) is 1. The Hall–Kier alpha value is -1.67. The maximum atomic E-state index is 6.48. The zero-order valence-electron chi connectivity index (χ0n) is 11.3. The molecule has 1 aromatic heterocycles. The molecule has 0 amide bonds. The lowest BCUT2D eigenvalue weighted by Gasteiger charge is -2.15. The SMILES string of the molecule is CCc1cnccc1C(N)C1CC1c1ccccc1. The second-order valence-electron chi connectivity index (χ2n) is 5.37. The molecule has 0 radical (unpaired) electrons. The minimum absolute atomic E-state index is 0.142. The van der Waals surface area contributed by atoms with E-state index in [1.807, 2.05) is 12.4 Å². The average molecular weight is 252 g/mol. The normalized spacial score (nSPS) is 23.1. The molecule has 1 aliphatic carbocycles. The van der Waals surface area contributed by atoms with Crippen LogP contribution in [-0.4, -0.2) is 4.98 Å². The van der Waals surface area contributed by atoms with Crippen LogP contribution in [0.25, 0.3) is 0 Å².